The Labute approximate surface area is 167 Å². The van der Waals surface area contributed by atoms with Gasteiger partial charge in [0.05, 0.1) is 0 Å². The van der Waals surface area contributed by atoms with E-state index in [-0.39, 0.29) is 12.7 Å². The smallest absolute Gasteiger partial charge is 0.246 e. The normalized spacial score (nSPS) is 16.9. The molecule has 2 aromatic carbocycles. The fourth-order valence-corrected chi connectivity index (χ4v) is 3.53. The van der Waals surface area contributed by atoms with E-state index in [2.05, 4.69) is 45.1 Å². The molecule has 5 nitrogen and oxygen atoms in total. The third-order valence-electron chi connectivity index (χ3n) is 4.82. The minimum Gasteiger partial charge on any atom is -0.454 e. The molecule has 27 heavy (non-hydrogen) atoms. The Hall–Kier alpha value is -2.31. The quantitative estimate of drug-likeness (QED) is 0.698. The molecule has 0 N–H and O–H groups in total. The molecule has 1 amide bonds. The molecule has 1 fully saturated rings. The van der Waals surface area contributed by atoms with E-state index < -0.39 is 0 Å². The summed E-state index contributed by atoms with van der Waals surface area (Å²) in [6, 6.07) is 14.1. The molecular weight excluding hydrogens is 408 g/mol. The maximum Gasteiger partial charge on any atom is 0.246 e. The summed E-state index contributed by atoms with van der Waals surface area (Å²) in [5, 5.41) is 0. The van der Waals surface area contributed by atoms with Crippen LogP contribution in [0.25, 0.3) is 6.08 Å². The molecule has 1 saturated heterocycles. The molecule has 4 rings (SSSR count). The fraction of sp³-hybridized carbons (Fsp3) is 0.286. The third kappa shape index (κ3) is 4.51. The number of carbonyl (C=O) groups is 1. The molecular formula is C21H21BrN2O3. The molecule has 2 aromatic rings. The number of fused-ring (bicyclic) bond motifs is 1. The van der Waals surface area contributed by atoms with Gasteiger partial charge in [-0.25, -0.2) is 0 Å². The first-order valence-electron chi connectivity index (χ1n) is 9.01. The molecule has 0 aromatic heterocycles. The van der Waals surface area contributed by atoms with Crippen molar-refractivity contribution in [3.05, 3.63) is 64.1 Å². The summed E-state index contributed by atoms with van der Waals surface area (Å²) in [4.78, 5) is 16.8. The Morgan fingerprint density at radius 1 is 1.00 bits per heavy atom. The maximum atomic E-state index is 12.5. The topological polar surface area (TPSA) is 42.0 Å². The standard InChI is InChI=1S/C21H21BrN2O3/c22-18-5-1-17(2-6-18)14-23-9-11-24(12-10-23)21(25)8-4-16-3-7-19-20(13-16)27-15-26-19/h1-8,13H,9-12,14-15H2/b8-4+. The predicted molar refractivity (Wildman–Crippen MR) is 108 cm³/mol. The van der Waals surface area contributed by atoms with Gasteiger partial charge in [-0.05, 0) is 41.5 Å². The van der Waals surface area contributed by atoms with Gasteiger partial charge in [0.1, 0.15) is 0 Å². The molecule has 0 saturated carbocycles. The van der Waals surface area contributed by atoms with Gasteiger partial charge >= 0.3 is 0 Å². The summed E-state index contributed by atoms with van der Waals surface area (Å²) in [5.41, 5.74) is 2.22. The summed E-state index contributed by atoms with van der Waals surface area (Å²) < 4.78 is 11.8. The zero-order chi connectivity index (χ0) is 18.6. The average molecular weight is 429 g/mol. The van der Waals surface area contributed by atoms with Gasteiger partial charge in [-0.15, -0.1) is 0 Å². The minimum atomic E-state index is 0.0518. The number of rotatable bonds is 4. The summed E-state index contributed by atoms with van der Waals surface area (Å²) in [6.07, 6.45) is 3.47. The number of nitrogens with zero attached hydrogens (tertiary/aromatic N) is 2. The van der Waals surface area contributed by atoms with E-state index in [1.807, 2.05) is 29.2 Å². The second-order valence-corrected chi connectivity index (χ2v) is 7.59. The monoisotopic (exact) mass is 428 g/mol. The van der Waals surface area contributed by atoms with Crippen LogP contribution in [-0.2, 0) is 11.3 Å². The Kier molecular flexibility index (Phi) is 5.45. The second-order valence-electron chi connectivity index (χ2n) is 6.67. The molecule has 0 bridgehead atoms. The first kappa shape index (κ1) is 18.1. The van der Waals surface area contributed by atoms with Crippen LogP contribution in [0, 0.1) is 0 Å². The highest BCUT2D eigenvalue weighted by atomic mass is 79.9. The number of ether oxygens (including phenoxy) is 2. The van der Waals surface area contributed by atoms with Crippen molar-refractivity contribution in [1.82, 2.24) is 9.80 Å². The SMILES string of the molecule is O=C(/C=C/c1ccc2c(c1)OCO2)N1CCN(Cc2ccc(Br)cc2)CC1. The van der Waals surface area contributed by atoms with Crippen molar-refractivity contribution in [2.45, 2.75) is 6.54 Å². The lowest BCUT2D eigenvalue weighted by molar-refractivity contribution is -0.127. The lowest BCUT2D eigenvalue weighted by atomic mass is 10.1. The van der Waals surface area contributed by atoms with Gasteiger partial charge in [-0.3, -0.25) is 9.69 Å². The molecule has 0 atom stereocenters. The highest BCUT2D eigenvalue weighted by Crippen LogP contribution is 2.32. The Bertz CT molecular complexity index is 843. The predicted octanol–water partition coefficient (Wildman–Crippen LogP) is 3.54. The van der Waals surface area contributed by atoms with Crippen molar-refractivity contribution < 1.29 is 14.3 Å². The highest BCUT2D eigenvalue weighted by molar-refractivity contribution is 9.10. The van der Waals surface area contributed by atoms with Crippen LogP contribution >= 0.6 is 15.9 Å². The molecule has 2 heterocycles. The van der Waals surface area contributed by atoms with Crippen molar-refractivity contribution in [2.24, 2.45) is 0 Å². The third-order valence-corrected chi connectivity index (χ3v) is 5.35. The van der Waals surface area contributed by atoms with Crippen molar-refractivity contribution in [3.8, 4) is 11.5 Å². The number of amides is 1. The largest absolute Gasteiger partial charge is 0.454 e. The maximum absolute atomic E-state index is 12.5. The van der Waals surface area contributed by atoms with E-state index in [4.69, 9.17) is 9.47 Å². The van der Waals surface area contributed by atoms with Crippen molar-refractivity contribution in [3.63, 3.8) is 0 Å². The molecule has 6 heteroatoms. The first-order valence-corrected chi connectivity index (χ1v) is 9.80. The van der Waals surface area contributed by atoms with Crippen LogP contribution in [0.3, 0.4) is 0 Å². The van der Waals surface area contributed by atoms with E-state index >= 15 is 0 Å². The van der Waals surface area contributed by atoms with Crippen molar-refractivity contribution in [2.75, 3.05) is 33.0 Å². The van der Waals surface area contributed by atoms with Crippen LogP contribution in [-0.4, -0.2) is 48.7 Å². The van der Waals surface area contributed by atoms with Crippen LogP contribution in [0.1, 0.15) is 11.1 Å². The zero-order valence-corrected chi connectivity index (χ0v) is 16.5. The van der Waals surface area contributed by atoms with Crippen LogP contribution in [0.2, 0.25) is 0 Å². The minimum absolute atomic E-state index is 0.0518. The van der Waals surface area contributed by atoms with Crippen LogP contribution < -0.4 is 9.47 Å². The number of halogens is 1. The summed E-state index contributed by atoms with van der Waals surface area (Å²) in [6.45, 7) is 4.45. The Morgan fingerprint density at radius 2 is 1.74 bits per heavy atom. The molecule has 2 aliphatic heterocycles. The van der Waals surface area contributed by atoms with Crippen LogP contribution in [0.5, 0.6) is 11.5 Å². The molecule has 0 radical (unpaired) electrons. The number of hydrogen-bond acceptors (Lipinski definition) is 4. The summed E-state index contributed by atoms with van der Waals surface area (Å²) in [5.74, 6) is 1.53. The van der Waals surface area contributed by atoms with Crippen molar-refractivity contribution >= 4 is 27.9 Å². The van der Waals surface area contributed by atoms with Gasteiger partial charge in [0, 0.05) is 43.3 Å². The molecule has 0 unspecified atom stereocenters. The number of piperazine rings is 1. The van der Waals surface area contributed by atoms with Gasteiger partial charge < -0.3 is 14.4 Å². The second kappa shape index (κ2) is 8.15. The van der Waals surface area contributed by atoms with Gasteiger partial charge in [-0.1, -0.05) is 34.1 Å². The van der Waals surface area contributed by atoms with Gasteiger partial charge in [0.15, 0.2) is 11.5 Å². The Morgan fingerprint density at radius 3 is 2.52 bits per heavy atom. The lowest BCUT2D eigenvalue weighted by Crippen LogP contribution is -2.47. The van der Waals surface area contributed by atoms with Crippen molar-refractivity contribution in [1.29, 1.82) is 0 Å². The first-order chi connectivity index (χ1) is 13.2. The van der Waals surface area contributed by atoms with E-state index in [0.29, 0.717) is 0 Å². The van der Waals surface area contributed by atoms with Crippen LogP contribution in [0.4, 0.5) is 0 Å². The number of carbonyl (C=O) groups excluding carboxylic acids is 1. The fourth-order valence-electron chi connectivity index (χ4n) is 3.26. The number of hydrogen-bond donors (Lipinski definition) is 0. The van der Waals surface area contributed by atoms with Crippen LogP contribution in [0.15, 0.2) is 53.0 Å². The van der Waals surface area contributed by atoms with Gasteiger partial charge in [-0.2, -0.15) is 0 Å². The van der Waals surface area contributed by atoms with Gasteiger partial charge in [0.2, 0.25) is 12.7 Å². The number of benzene rings is 2. The zero-order valence-electron chi connectivity index (χ0n) is 14.9. The molecule has 0 spiro atoms. The lowest BCUT2D eigenvalue weighted by Gasteiger charge is -2.34. The molecule has 2 aliphatic rings. The Balaban J connectivity index is 1.28. The van der Waals surface area contributed by atoms with E-state index in [9.17, 15) is 4.79 Å². The van der Waals surface area contributed by atoms with Gasteiger partial charge in [0.25, 0.3) is 0 Å². The molecule has 140 valence electrons. The highest BCUT2D eigenvalue weighted by Gasteiger charge is 2.19. The summed E-state index contributed by atoms with van der Waals surface area (Å²) >= 11 is 3.46. The van der Waals surface area contributed by atoms with E-state index in [1.165, 1.54) is 5.56 Å². The average Bonchev–Trinajstić information content (AvgIpc) is 3.16. The van der Waals surface area contributed by atoms with E-state index in [0.717, 1.165) is 54.3 Å². The summed E-state index contributed by atoms with van der Waals surface area (Å²) in [7, 11) is 0. The molecule has 0 aliphatic carbocycles. The van der Waals surface area contributed by atoms with E-state index in [1.54, 1.807) is 6.08 Å².